The topological polar surface area (TPSA) is 26.0 Å². The van der Waals surface area contributed by atoms with Crippen LogP contribution in [0.15, 0.2) is 28.7 Å². The summed E-state index contributed by atoms with van der Waals surface area (Å²) in [6.07, 6.45) is 2.48. The minimum Gasteiger partial charge on any atom is -0.327 e. The van der Waals surface area contributed by atoms with Crippen LogP contribution in [-0.4, -0.2) is 6.04 Å². The molecule has 0 saturated heterocycles. The van der Waals surface area contributed by atoms with Gasteiger partial charge in [0.2, 0.25) is 0 Å². The third-order valence-corrected chi connectivity index (χ3v) is 4.04. The maximum absolute atomic E-state index is 6.32. The first-order valence-electron chi connectivity index (χ1n) is 5.58. The summed E-state index contributed by atoms with van der Waals surface area (Å²) in [4.78, 5) is 0. The van der Waals surface area contributed by atoms with Crippen LogP contribution < -0.4 is 5.73 Å². The lowest BCUT2D eigenvalue weighted by atomic mass is 9.83. The number of nitrogens with two attached hydrogens (primary N) is 1. The fraction of sp³-hybridized carbons (Fsp3) is 0.538. The Labute approximate surface area is 100 Å². The summed E-state index contributed by atoms with van der Waals surface area (Å²) >= 11 is 3.53. The zero-order valence-corrected chi connectivity index (χ0v) is 10.9. The molecule has 0 radical (unpaired) electrons. The molecule has 1 fully saturated rings. The van der Waals surface area contributed by atoms with Gasteiger partial charge in [0.1, 0.15) is 0 Å². The zero-order valence-electron chi connectivity index (χ0n) is 9.33. The first kappa shape index (κ1) is 11.2. The van der Waals surface area contributed by atoms with Gasteiger partial charge in [-0.2, -0.15) is 0 Å². The van der Waals surface area contributed by atoms with E-state index in [1.807, 2.05) is 0 Å². The van der Waals surface area contributed by atoms with Crippen molar-refractivity contribution in [2.45, 2.75) is 38.1 Å². The summed E-state index contributed by atoms with van der Waals surface area (Å²) in [6, 6.07) is 8.88. The van der Waals surface area contributed by atoms with E-state index in [4.69, 9.17) is 5.73 Å². The lowest BCUT2D eigenvalue weighted by molar-refractivity contribution is 0.401. The summed E-state index contributed by atoms with van der Waals surface area (Å²) in [5.74, 6) is 0.548. The van der Waals surface area contributed by atoms with Gasteiger partial charge in [0.15, 0.2) is 0 Å². The second-order valence-corrected chi connectivity index (χ2v) is 5.85. The fourth-order valence-electron chi connectivity index (χ4n) is 2.39. The molecule has 0 heterocycles. The highest BCUT2D eigenvalue weighted by molar-refractivity contribution is 9.10. The largest absolute Gasteiger partial charge is 0.327 e. The predicted molar refractivity (Wildman–Crippen MR) is 67.9 cm³/mol. The number of halogens is 1. The summed E-state index contributed by atoms with van der Waals surface area (Å²) in [6.45, 7) is 4.42. The van der Waals surface area contributed by atoms with Crippen LogP contribution in [0.3, 0.4) is 0 Å². The Hall–Kier alpha value is -0.340. The van der Waals surface area contributed by atoms with Crippen molar-refractivity contribution in [3.8, 4) is 0 Å². The van der Waals surface area contributed by atoms with Crippen molar-refractivity contribution >= 4 is 15.9 Å². The molecule has 2 N–H and O–H groups in total. The minimum atomic E-state index is 0.262. The molecule has 1 aromatic carbocycles. The highest BCUT2D eigenvalue weighted by atomic mass is 79.9. The second kappa shape index (κ2) is 3.91. The van der Waals surface area contributed by atoms with Crippen molar-refractivity contribution in [2.24, 2.45) is 11.7 Å². The SMILES string of the molecule is CC(C)C(N)C1(c2cccc(Br)c2)CC1. The molecule has 2 rings (SSSR count). The van der Waals surface area contributed by atoms with Crippen LogP contribution in [0, 0.1) is 5.92 Å². The van der Waals surface area contributed by atoms with E-state index in [1.165, 1.54) is 18.4 Å². The van der Waals surface area contributed by atoms with E-state index in [0.717, 1.165) is 4.47 Å². The van der Waals surface area contributed by atoms with Crippen molar-refractivity contribution in [3.05, 3.63) is 34.3 Å². The molecule has 0 amide bonds. The van der Waals surface area contributed by atoms with Gasteiger partial charge in [-0.3, -0.25) is 0 Å². The smallest absolute Gasteiger partial charge is 0.0178 e. The van der Waals surface area contributed by atoms with Gasteiger partial charge in [-0.25, -0.2) is 0 Å². The predicted octanol–water partition coefficient (Wildman–Crippen LogP) is 3.46. The molecule has 1 unspecified atom stereocenters. The lowest BCUT2D eigenvalue weighted by Crippen LogP contribution is -2.39. The highest BCUT2D eigenvalue weighted by Gasteiger charge is 2.49. The van der Waals surface area contributed by atoms with Crippen LogP contribution >= 0.6 is 15.9 Å². The summed E-state index contributed by atoms with van der Waals surface area (Å²) < 4.78 is 1.15. The van der Waals surface area contributed by atoms with Crippen molar-refractivity contribution < 1.29 is 0 Å². The van der Waals surface area contributed by atoms with Crippen LogP contribution in [0.4, 0.5) is 0 Å². The Balaban J connectivity index is 2.30. The maximum atomic E-state index is 6.32. The fourth-order valence-corrected chi connectivity index (χ4v) is 2.78. The highest BCUT2D eigenvalue weighted by Crippen LogP contribution is 2.52. The van der Waals surface area contributed by atoms with E-state index in [9.17, 15) is 0 Å². The Kier molecular flexibility index (Phi) is 2.91. The second-order valence-electron chi connectivity index (χ2n) is 4.94. The molecule has 1 aromatic rings. The molecule has 82 valence electrons. The molecular formula is C13H18BrN. The van der Waals surface area contributed by atoms with Gasteiger partial charge in [0.05, 0.1) is 0 Å². The summed E-state index contributed by atoms with van der Waals surface area (Å²) in [5.41, 5.74) is 7.99. The molecule has 0 bridgehead atoms. The van der Waals surface area contributed by atoms with Crippen LogP contribution in [0.5, 0.6) is 0 Å². The van der Waals surface area contributed by atoms with Crippen molar-refractivity contribution in [3.63, 3.8) is 0 Å². The molecule has 1 nitrogen and oxygen atoms in total. The van der Waals surface area contributed by atoms with E-state index in [2.05, 4.69) is 54.0 Å². The number of hydrogen-bond donors (Lipinski definition) is 1. The molecule has 15 heavy (non-hydrogen) atoms. The van der Waals surface area contributed by atoms with Gasteiger partial charge in [-0.1, -0.05) is 41.9 Å². The normalized spacial score (nSPS) is 20.3. The third-order valence-electron chi connectivity index (χ3n) is 3.54. The first-order valence-corrected chi connectivity index (χ1v) is 6.37. The monoisotopic (exact) mass is 267 g/mol. The van der Waals surface area contributed by atoms with Crippen LogP contribution in [0.25, 0.3) is 0 Å². The quantitative estimate of drug-likeness (QED) is 0.892. The molecule has 0 aliphatic heterocycles. The maximum Gasteiger partial charge on any atom is 0.0178 e. The van der Waals surface area contributed by atoms with E-state index in [0.29, 0.717) is 5.92 Å². The zero-order chi connectivity index (χ0) is 11.1. The van der Waals surface area contributed by atoms with Crippen molar-refractivity contribution in [1.82, 2.24) is 0 Å². The molecule has 1 aliphatic rings. The van der Waals surface area contributed by atoms with Gasteiger partial charge in [0, 0.05) is 15.9 Å². The minimum absolute atomic E-state index is 0.262. The van der Waals surface area contributed by atoms with E-state index in [1.54, 1.807) is 0 Å². The first-order chi connectivity index (χ1) is 7.06. The van der Waals surface area contributed by atoms with Crippen LogP contribution in [-0.2, 0) is 5.41 Å². The molecule has 0 spiro atoms. The number of hydrogen-bond acceptors (Lipinski definition) is 1. The lowest BCUT2D eigenvalue weighted by Gasteiger charge is -2.27. The van der Waals surface area contributed by atoms with Crippen molar-refractivity contribution in [1.29, 1.82) is 0 Å². The summed E-state index contributed by atoms with van der Waals surface area (Å²) in [7, 11) is 0. The van der Waals surface area contributed by atoms with E-state index < -0.39 is 0 Å². The van der Waals surface area contributed by atoms with Crippen molar-refractivity contribution in [2.75, 3.05) is 0 Å². The van der Waals surface area contributed by atoms with Crippen LogP contribution in [0.1, 0.15) is 32.3 Å². The van der Waals surface area contributed by atoms with Gasteiger partial charge in [-0.15, -0.1) is 0 Å². The molecule has 1 saturated carbocycles. The number of benzene rings is 1. The van der Waals surface area contributed by atoms with Gasteiger partial charge >= 0.3 is 0 Å². The average Bonchev–Trinajstić information content (AvgIpc) is 2.97. The van der Waals surface area contributed by atoms with Gasteiger partial charge in [0.25, 0.3) is 0 Å². The van der Waals surface area contributed by atoms with E-state index >= 15 is 0 Å². The Morgan fingerprint density at radius 1 is 1.33 bits per heavy atom. The Morgan fingerprint density at radius 2 is 2.00 bits per heavy atom. The van der Waals surface area contributed by atoms with E-state index in [-0.39, 0.29) is 11.5 Å². The molecular weight excluding hydrogens is 250 g/mol. The average molecular weight is 268 g/mol. The molecule has 1 atom stereocenters. The molecule has 2 heteroatoms. The Morgan fingerprint density at radius 3 is 2.47 bits per heavy atom. The van der Waals surface area contributed by atoms with Crippen LogP contribution in [0.2, 0.25) is 0 Å². The summed E-state index contributed by atoms with van der Waals surface area (Å²) in [5, 5.41) is 0. The van der Waals surface area contributed by atoms with Gasteiger partial charge in [-0.05, 0) is 36.5 Å². The molecule has 1 aliphatic carbocycles. The standard InChI is InChI=1S/C13H18BrN/c1-9(2)12(15)13(6-7-13)10-4-3-5-11(14)8-10/h3-5,8-9,12H,6-7,15H2,1-2H3. The Bertz CT molecular complexity index is 355. The number of rotatable bonds is 3. The van der Waals surface area contributed by atoms with Gasteiger partial charge < -0.3 is 5.73 Å². The molecule has 0 aromatic heterocycles. The third kappa shape index (κ3) is 1.98.